The van der Waals surface area contributed by atoms with Gasteiger partial charge >= 0.3 is 5.97 Å². The van der Waals surface area contributed by atoms with Gasteiger partial charge in [-0.3, -0.25) is 10.1 Å². The van der Waals surface area contributed by atoms with Crippen LogP contribution in [0.2, 0.25) is 0 Å². The van der Waals surface area contributed by atoms with Crippen LogP contribution in [0.4, 0.5) is 0 Å². The second-order valence-corrected chi connectivity index (χ2v) is 3.26. The molecule has 0 unspecified atom stereocenters. The van der Waals surface area contributed by atoms with Gasteiger partial charge in [-0.25, -0.2) is 0 Å². The number of carboxylic acid groups (broad SMARTS) is 1. The molecule has 1 rings (SSSR count). The van der Waals surface area contributed by atoms with Crippen molar-refractivity contribution in [2.45, 2.75) is 38.3 Å². The Morgan fingerprint density at radius 1 is 1.70 bits per heavy atom. The molecule has 0 aliphatic heterocycles. The summed E-state index contributed by atoms with van der Waals surface area (Å²) >= 11 is 0. The van der Waals surface area contributed by atoms with Gasteiger partial charge in [-0.05, 0) is 26.7 Å². The monoisotopic (exact) mass is 143 g/mol. The number of carboxylic acids is 1. The normalized spacial score (nSPS) is 23.8. The molecule has 1 atom stereocenters. The van der Waals surface area contributed by atoms with Crippen LogP contribution in [0.15, 0.2) is 0 Å². The van der Waals surface area contributed by atoms with Crippen LogP contribution in [0, 0.1) is 0 Å². The van der Waals surface area contributed by atoms with Gasteiger partial charge in [0, 0.05) is 5.54 Å². The third-order valence-electron chi connectivity index (χ3n) is 1.94. The minimum absolute atomic E-state index is 0.123. The highest BCUT2D eigenvalue weighted by molar-refractivity contribution is 5.73. The Balaban J connectivity index is 2.31. The summed E-state index contributed by atoms with van der Waals surface area (Å²) in [6.45, 7) is 3.72. The van der Waals surface area contributed by atoms with E-state index >= 15 is 0 Å². The molecule has 1 fully saturated rings. The van der Waals surface area contributed by atoms with Gasteiger partial charge in [-0.2, -0.15) is 0 Å². The van der Waals surface area contributed by atoms with E-state index in [1.54, 1.807) is 6.92 Å². The number of rotatable bonds is 3. The molecule has 3 nitrogen and oxygen atoms in total. The van der Waals surface area contributed by atoms with E-state index in [9.17, 15) is 4.79 Å². The molecule has 10 heavy (non-hydrogen) atoms. The number of carbonyl (C=O) groups is 1. The zero-order chi connectivity index (χ0) is 7.78. The fourth-order valence-corrected chi connectivity index (χ4v) is 0.916. The molecule has 2 N–H and O–H groups in total. The molecule has 0 radical (unpaired) electrons. The predicted octanol–water partition coefficient (Wildman–Crippen LogP) is 0.602. The van der Waals surface area contributed by atoms with Crippen molar-refractivity contribution >= 4 is 5.97 Å². The van der Waals surface area contributed by atoms with Crippen LogP contribution in [0.5, 0.6) is 0 Å². The number of hydrogen-bond donors (Lipinski definition) is 2. The zero-order valence-corrected chi connectivity index (χ0v) is 6.35. The predicted molar refractivity (Wildman–Crippen MR) is 37.9 cm³/mol. The van der Waals surface area contributed by atoms with Crippen LogP contribution in [-0.2, 0) is 4.79 Å². The average molecular weight is 143 g/mol. The van der Waals surface area contributed by atoms with Crippen LogP contribution < -0.4 is 5.32 Å². The topological polar surface area (TPSA) is 49.3 Å². The Kier molecular flexibility index (Phi) is 1.68. The van der Waals surface area contributed by atoms with E-state index in [0.29, 0.717) is 0 Å². The maximum atomic E-state index is 10.3. The van der Waals surface area contributed by atoms with E-state index in [-0.39, 0.29) is 5.54 Å². The van der Waals surface area contributed by atoms with Gasteiger partial charge in [0.1, 0.15) is 6.04 Å². The first-order valence-corrected chi connectivity index (χ1v) is 3.54. The second kappa shape index (κ2) is 2.23. The van der Waals surface area contributed by atoms with Gasteiger partial charge in [0.15, 0.2) is 0 Å². The average Bonchev–Trinajstić information content (AvgIpc) is 2.47. The summed E-state index contributed by atoms with van der Waals surface area (Å²) in [4.78, 5) is 10.3. The van der Waals surface area contributed by atoms with Gasteiger partial charge in [0.2, 0.25) is 0 Å². The van der Waals surface area contributed by atoms with Crippen molar-refractivity contribution in [3.8, 4) is 0 Å². The second-order valence-electron chi connectivity index (χ2n) is 3.26. The Morgan fingerprint density at radius 2 is 2.20 bits per heavy atom. The van der Waals surface area contributed by atoms with E-state index in [1.807, 2.05) is 6.92 Å². The summed E-state index contributed by atoms with van der Waals surface area (Å²) in [5.41, 5.74) is 0.123. The number of nitrogens with one attached hydrogen (secondary N) is 1. The van der Waals surface area contributed by atoms with E-state index in [2.05, 4.69) is 5.32 Å². The van der Waals surface area contributed by atoms with Crippen molar-refractivity contribution < 1.29 is 9.90 Å². The first-order valence-electron chi connectivity index (χ1n) is 3.54. The highest BCUT2D eigenvalue weighted by atomic mass is 16.4. The van der Waals surface area contributed by atoms with Gasteiger partial charge in [0.05, 0.1) is 0 Å². The molecule has 0 spiro atoms. The standard InChI is InChI=1S/C7H13NO2/c1-5(6(9)10)8-7(2)3-4-7/h5,8H,3-4H2,1-2H3,(H,9,10)/t5-/m0/s1. The minimum Gasteiger partial charge on any atom is -0.480 e. The molecule has 1 aliphatic rings. The lowest BCUT2D eigenvalue weighted by Gasteiger charge is -2.14. The maximum absolute atomic E-state index is 10.3. The quantitative estimate of drug-likeness (QED) is 0.608. The Morgan fingerprint density at radius 3 is 2.50 bits per heavy atom. The number of aliphatic carboxylic acids is 1. The lowest BCUT2D eigenvalue weighted by Crippen LogP contribution is -2.41. The summed E-state index contributed by atoms with van der Waals surface area (Å²) in [5.74, 6) is -0.770. The molecule has 3 heteroatoms. The largest absolute Gasteiger partial charge is 0.480 e. The molecule has 0 heterocycles. The summed E-state index contributed by atoms with van der Waals surface area (Å²) in [6.07, 6.45) is 2.20. The van der Waals surface area contributed by atoms with Crippen molar-refractivity contribution in [2.75, 3.05) is 0 Å². The summed E-state index contributed by atoms with van der Waals surface area (Å²) in [7, 11) is 0. The lowest BCUT2D eigenvalue weighted by atomic mass is 10.2. The summed E-state index contributed by atoms with van der Waals surface area (Å²) in [6, 6.07) is -0.410. The summed E-state index contributed by atoms with van der Waals surface area (Å²) < 4.78 is 0. The lowest BCUT2D eigenvalue weighted by molar-refractivity contribution is -0.139. The molecular formula is C7H13NO2. The zero-order valence-electron chi connectivity index (χ0n) is 6.35. The minimum atomic E-state index is -0.770. The fourth-order valence-electron chi connectivity index (χ4n) is 0.916. The number of hydrogen-bond acceptors (Lipinski definition) is 2. The first-order chi connectivity index (χ1) is 4.53. The van der Waals surface area contributed by atoms with Gasteiger partial charge in [-0.1, -0.05) is 0 Å². The third-order valence-corrected chi connectivity index (χ3v) is 1.94. The highest BCUT2D eigenvalue weighted by Crippen LogP contribution is 2.34. The SMILES string of the molecule is C[C@H](NC1(C)CC1)C(=O)O. The molecule has 0 amide bonds. The Labute approximate surface area is 60.4 Å². The fraction of sp³-hybridized carbons (Fsp3) is 0.857. The van der Waals surface area contributed by atoms with E-state index in [0.717, 1.165) is 12.8 Å². The highest BCUT2D eigenvalue weighted by Gasteiger charge is 2.39. The van der Waals surface area contributed by atoms with Crippen molar-refractivity contribution in [1.29, 1.82) is 0 Å². The van der Waals surface area contributed by atoms with Crippen molar-refractivity contribution in [2.24, 2.45) is 0 Å². The van der Waals surface area contributed by atoms with E-state index in [4.69, 9.17) is 5.11 Å². The molecule has 1 saturated carbocycles. The van der Waals surface area contributed by atoms with Crippen LogP contribution >= 0.6 is 0 Å². The summed E-state index contributed by atoms with van der Waals surface area (Å²) in [5, 5.41) is 11.5. The molecule has 0 aromatic heterocycles. The van der Waals surface area contributed by atoms with Crippen molar-refractivity contribution in [1.82, 2.24) is 5.32 Å². The maximum Gasteiger partial charge on any atom is 0.320 e. The van der Waals surface area contributed by atoms with Crippen molar-refractivity contribution in [3.05, 3.63) is 0 Å². The van der Waals surface area contributed by atoms with Crippen LogP contribution in [0.25, 0.3) is 0 Å². The molecule has 0 bridgehead atoms. The van der Waals surface area contributed by atoms with E-state index in [1.165, 1.54) is 0 Å². The van der Waals surface area contributed by atoms with Gasteiger partial charge in [0.25, 0.3) is 0 Å². The van der Waals surface area contributed by atoms with Crippen LogP contribution in [0.3, 0.4) is 0 Å². The Hall–Kier alpha value is -0.570. The molecular weight excluding hydrogens is 130 g/mol. The molecule has 0 aromatic rings. The van der Waals surface area contributed by atoms with Crippen LogP contribution in [0.1, 0.15) is 26.7 Å². The van der Waals surface area contributed by atoms with E-state index < -0.39 is 12.0 Å². The van der Waals surface area contributed by atoms with Crippen molar-refractivity contribution in [3.63, 3.8) is 0 Å². The molecule has 58 valence electrons. The first kappa shape index (κ1) is 7.54. The Bertz CT molecular complexity index is 152. The molecule has 0 aromatic carbocycles. The third kappa shape index (κ3) is 1.70. The molecule has 0 saturated heterocycles. The smallest absolute Gasteiger partial charge is 0.320 e. The van der Waals surface area contributed by atoms with Crippen LogP contribution in [-0.4, -0.2) is 22.7 Å². The molecule has 1 aliphatic carbocycles. The van der Waals surface area contributed by atoms with Gasteiger partial charge < -0.3 is 5.11 Å². The van der Waals surface area contributed by atoms with Gasteiger partial charge in [-0.15, -0.1) is 0 Å².